The summed E-state index contributed by atoms with van der Waals surface area (Å²) in [6, 6.07) is 5.58. The number of aryl methyl sites for hydroxylation is 1. The monoisotopic (exact) mass is 203 g/mol. The Labute approximate surface area is 88.5 Å². The van der Waals surface area contributed by atoms with E-state index >= 15 is 0 Å². The molecular weight excluding hydrogens is 190 g/mol. The van der Waals surface area contributed by atoms with Crippen molar-refractivity contribution >= 4 is 6.08 Å². The lowest BCUT2D eigenvalue weighted by molar-refractivity contribution is 0.470. The second kappa shape index (κ2) is 5.73. The molecular formula is C11H13N3O. The first-order valence-corrected chi connectivity index (χ1v) is 4.71. The quantitative estimate of drug-likeness (QED) is 0.346. The number of aromatic hydroxyl groups is 1. The summed E-state index contributed by atoms with van der Waals surface area (Å²) in [7, 11) is 0. The summed E-state index contributed by atoms with van der Waals surface area (Å²) in [5.74, 6) is 0.303. The van der Waals surface area contributed by atoms with Crippen LogP contribution in [0.3, 0.4) is 0 Å². The first-order chi connectivity index (χ1) is 7.25. The molecule has 0 radical (unpaired) electrons. The third-order valence-corrected chi connectivity index (χ3v) is 2.03. The Morgan fingerprint density at radius 2 is 2.33 bits per heavy atom. The highest BCUT2D eigenvalue weighted by molar-refractivity contribution is 5.58. The number of para-hydroxylation sites is 1. The van der Waals surface area contributed by atoms with E-state index in [9.17, 15) is 5.11 Å². The summed E-state index contributed by atoms with van der Waals surface area (Å²) >= 11 is 0. The van der Waals surface area contributed by atoms with Crippen molar-refractivity contribution in [2.24, 2.45) is 5.11 Å². The Bertz CT molecular complexity index is 406. The predicted molar refractivity (Wildman–Crippen MR) is 60.5 cm³/mol. The summed E-state index contributed by atoms with van der Waals surface area (Å²) in [5.41, 5.74) is 9.70. The Hall–Kier alpha value is -1.93. The van der Waals surface area contributed by atoms with E-state index in [1.165, 1.54) is 0 Å². The highest BCUT2D eigenvalue weighted by Gasteiger charge is 1.98. The summed E-state index contributed by atoms with van der Waals surface area (Å²) in [6.07, 6.45) is 4.38. The summed E-state index contributed by atoms with van der Waals surface area (Å²) in [5, 5.41) is 13.1. The Morgan fingerprint density at radius 1 is 1.53 bits per heavy atom. The topological polar surface area (TPSA) is 69.0 Å². The molecule has 0 saturated carbocycles. The minimum atomic E-state index is 0.303. The van der Waals surface area contributed by atoms with Crippen LogP contribution in [0.2, 0.25) is 0 Å². The highest BCUT2D eigenvalue weighted by atomic mass is 16.3. The third kappa shape index (κ3) is 3.37. The van der Waals surface area contributed by atoms with Gasteiger partial charge in [-0.3, -0.25) is 0 Å². The number of phenolic OH excluding ortho intramolecular Hbond substituents is 1. The molecule has 78 valence electrons. The molecule has 0 aromatic heterocycles. The first kappa shape index (κ1) is 11.1. The highest BCUT2D eigenvalue weighted by Crippen LogP contribution is 2.22. The van der Waals surface area contributed by atoms with Crippen LogP contribution in [0.4, 0.5) is 0 Å². The van der Waals surface area contributed by atoms with Crippen molar-refractivity contribution in [2.45, 2.75) is 13.3 Å². The number of nitrogens with zero attached hydrogens (tertiary/aromatic N) is 3. The maximum atomic E-state index is 9.67. The van der Waals surface area contributed by atoms with Crippen molar-refractivity contribution in [1.29, 1.82) is 0 Å². The zero-order chi connectivity index (χ0) is 11.1. The zero-order valence-electron chi connectivity index (χ0n) is 8.59. The smallest absolute Gasteiger partial charge is 0.125 e. The standard InChI is InChI=1S/C11H13N3O/c1-9-5-4-7-10(11(9)15)6-2-3-8-13-14-12/h2,4-7,15H,3,8H2,1H3. The van der Waals surface area contributed by atoms with Crippen molar-refractivity contribution in [3.05, 3.63) is 45.8 Å². The van der Waals surface area contributed by atoms with Gasteiger partial charge < -0.3 is 5.11 Å². The number of hydrogen-bond acceptors (Lipinski definition) is 2. The van der Waals surface area contributed by atoms with Gasteiger partial charge in [0, 0.05) is 17.0 Å². The molecule has 4 heteroatoms. The van der Waals surface area contributed by atoms with Gasteiger partial charge in [0.15, 0.2) is 0 Å². The molecule has 0 aliphatic heterocycles. The van der Waals surface area contributed by atoms with E-state index in [1.54, 1.807) is 0 Å². The fraction of sp³-hybridized carbons (Fsp3) is 0.273. The van der Waals surface area contributed by atoms with Gasteiger partial charge in [-0.1, -0.05) is 35.5 Å². The average molecular weight is 203 g/mol. The molecule has 0 unspecified atom stereocenters. The van der Waals surface area contributed by atoms with Gasteiger partial charge in [0.25, 0.3) is 0 Å². The van der Waals surface area contributed by atoms with E-state index in [1.807, 2.05) is 37.3 Å². The predicted octanol–water partition coefficient (Wildman–Crippen LogP) is 3.41. The van der Waals surface area contributed by atoms with E-state index in [4.69, 9.17) is 5.53 Å². The number of rotatable bonds is 4. The molecule has 0 bridgehead atoms. The Kier molecular flexibility index (Phi) is 4.26. The maximum Gasteiger partial charge on any atom is 0.125 e. The van der Waals surface area contributed by atoms with Gasteiger partial charge in [-0.05, 0) is 24.4 Å². The second-order valence-corrected chi connectivity index (χ2v) is 3.16. The minimum Gasteiger partial charge on any atom is -0.507 e. The Balaban J connectivity index is 2.64. The van der Waals surface area contributed by atoms with Crippen LogP contribution in [0.1, 0.15) is 17.5 Å². The molecule has 0 fully saturated rings. The van der Waals surface area contributed by atoms with Gasteiger partial charge in [-0.15, -0.1) is 0 Å². The van der Waals surface area contributed by atoms with Crippen LogP contribution in [0.15, 0.2) is 29.4 Å². The molecule has 0 heterocycles. The van der Waals surface area contributed by atoms with Gasteiger partial charge >= 0.3 is 0 Å². The summed E-state index contributed by atoms with van der Waals surface area (Å²) < 4.78 is 0. The molecule has 1 aromatic rings. The van der Waals surface area contributed by atoms with Gasteiger partial charge in [-0.2, -0.15) is 0 Å². The van der Waals surface area contributed by atoms with Crippen LogP contribution in [0.25, 0.3) is 16.5 Å². The largest absolute Gasteiger partial charge is 0.507 e. The molecule has 0 atom stereocenters. The van der Waals surface area contributed by atoms with Crippen molar-refractivity contribution in [1.82, 2.24) is 0 Å². The lowest BCUT2D eigenvalue weighted by atomic mass is 10.1. The normalized spacial score (nSPS) is 10.2. The Morgan fingerprint density at radius 3 is 3.07 bits per heavy atom. The van der Waals surface area contributed by atoms with Crippen LogP contribution >= 0.6 is 0 Å². The number of benzene rings is 1. The third-order valence-electron chi connectivity index (χ3n) is 2.03. The molecule has 1 aromatic carbocycles. The fourth-order valence-electron chi connectivity index (χ4n) is 1.20. The summed E-state index contributed by atoms with van der Waals surface area (Å²) in [4.78, 5) is 2.65. The van der Waals surface area contributed by atoms with Crippen molar-refractivity contribution in [2.75, 3.05) is 6.54 Å². The molecule has 0 aliphatic carbocycles. The van der Waals surface area contributed by atoms with Gasteiger partial charge in [0.05, 0.1) is 0 Å². The van der Waals surface area contributed by atoms with Crippen molar-refractivity contribution in [3.63, 3.8) is 0 Å². The molecule has 1 rings (SSSR count). The molecule has 4 nitrogen and oxygen atoms in total. The van der Waals surface area contributed by atoms with Crippen molar-refractivity contribution < 1.29 is 5.11 Å². The zero-order valence-corrected chi connectivity index (χ0v) is 8.59. The number of phenols is 1. The SMILES string of the molecule is Cc1cccc(C=CCCN=[N+]=[N-])c1O. The van der Waals surface area contributed by atoms with E-state index in [2.05, 4.69) is 10.0 Å². The van der Waals surface area contributed by atoms with E-state index in [0.717, 1.165) is 11.1 Å². The maximum absolute atomic E-state index is 9.67. The average Bonchev–Trinajstić information content (AvgIpc) is 2.24. The molecule has 1 N–H and O–H groups in total. The lowest BCUT2D eigenvalue weighted by Crippen LogP contribution is -1.79. The van der Waals surface area contributed by atoms with Crippen LogP contribution < -0.4 is 0 Å². The first-order valence-electron chi connectivity index (χ1n) is 4.71. The van der Waals surface area contributed by atoms with Crippen LogP contribution in [-0.4, -0.2) is 11.7 Å². The van der Waals surface area contributed by atoms with E-state index in [0.29, 0.717) is 18.7 Å². The molecule has 0 spiro atoms. The van der Waals surface area contributed by atoms with Crippen LogP contribution in [0.5, 0.6) is 5.75 Å². The second-order valence-electron chi connectivity index (χ2n) is 3.16. The van der Waals surface area contributed by atoms with Gasteiger partial charge in [0.2, 0.25) is 0 Å². The molecule has 15 heavy (non-hydrogen) atoms. The van der Waals surface area contributed by atoms with Crippen LogP contribution in [-0.2, 0) is 0 Å². The molecule has 0 amide bonds. The lowest BCUT2D eigenvalue weighted by Gasteiger charge is -2.01. The van der Waals surface area contributed by atoms with Gasteiger partial charge in [-0.25, -0.2) is 0 Å². The van der Waals surface area contributed by atoms with Crippen molar-refractivity contribution in [3.8, 4) is 5.75 Å². The van der Waals surface area contributed by atoms with E-state index < -0.39 is 0 Å². The van der Waals surface area contributed by atoms with E-state index in [-0.39, 0.29) is 0 Å². The summed E-state index contributed by atoms with van der Waals surface area (Å²) in [6.45, 7) is 2.30. The fourth-order valence-corrected chi connectivity index (χ4v) is 1.20. The van der Waals surface area contributed by atoms with Gasteiger partial charge in [0.1, 0.15) is 5.75 Å². The molecule has 0 aliphatic rings. The number of azide groups is 1. The van der Waals surface area contributed by atoms with Crippen LogP contribution in [0, 0.1) is 6.92 Å². The number of hydrogen-bond donors (Lipinski definition) is 1. The molecule has 0 saturated heterocycles. The minimum absolute atomic E-state index is 0.303.